The lowest BCUT2D eigenvalue weighted by Crippen LogP contribution is -2.54. The number of likely N-dealkylation sites (N-methyl/N-ethyl adjacent to an activating group) is 1. The zero-order valence-electron chi connectivity index (χ0n) is 19.5. The lowest BCUT2D eigenvalue weighted by atomic mass is 10.0. The molecule has 1 aromatic carbocycles. The molecule has 0 spiro atoms. The molecule has 1 saturated heterocycles. The van der Waals surface area contributed by atoms with Crippen molar-refractivity contribution in [2.24, 2.45) is 0 Å². The van der Waals surface area contributed by atoms with Gasteiger partial charge in [-0.3, -0.25) is 14.4 Å². The average Bonchev–Trinajstić information content (AvgIpc) is 3.00. The minimum Gasteiger partial charge on any atom is -0.354 e. The van der Waals surface area contributed by atoms with E-state index in [4.69, 9.17) is 0 Å². The van der Waals surface area contributed by atoms with Gasteiger partial charge in [-0.1, -0.05) is 55.7 Å². The van der Waals surface area contributed by atoms with Gasteiger partial charge in [0.15, 0.2) is 0 Å². The van der Waals surface area contributed by atoms with Crippen molar-refractivity contribution in [3.05, 3.63) is 48.6 Å². The summed E-state index contributed by atoms with van der Waals surface area (Å²) in [6.07, 6.45) is 11.5. The first-order chi connectivity index (χ1) is 15.5. The molecule has 6 heteroatoms. The van der Waals surface area contributed by atoms with Crippen molar-refractivity contribution in [1.82, 2.24) is 15.5 Å². The van der Waals surface area contributed by atoms with Gasteiger partial charge in [0.25, 0.3) is 0 Å². The molecule has 0 bridgehead atoms. The number of hydrogen-bond acceptors (Lipinski definition) is 3. The number of carbonyl (C=O) groups excluding carboxylic acids is 3. The van der Waals surface area contributed by atoms with Crippen LogP contribution in [-0.4, -0.2) is 48.3 Å². The number of hydrogen-bond donors (Lipinski definition) is 2. The molecule has 1 aliphatic heterocycles. The Labute approximate surface area is 192 Å². The topological polar surface area (TPSA) is 78.5 Å². The number of allylic oxidation sites excluding steroid dienone is 1. The van der Waals surface area contributed by atoms with Gasteiger partial charge in [-0.15, -0.1) is 6.58 Å². The van der Waals surface area contributed by atoms with Crippen LogP contribution >= 0.6 is 0 Å². The van der Waals surface area contributed by atoms with E-state index in [2.05, 4.69) is 17.2 Å². The Morgan fingerprint density at radius 3 is 2.62 bits per heavy atom. The lowest BCUT2D eigenvalue weighted by molar-refractivity contribution is -0.140. The Morgan fingerprint density at radius 2 is 1.88 bits per heavy atom. The van der Waals surface area contributed by atoms with Crippen molar-refractivity contribution in [1.29, 1.82) is 0 Å². The summed E-state index contributed by atoms with van der Waals surface area (Å²) >= 11 is 0. The highest BCUT2D eigenvalue weighted by Crippen LogP contribution is 2.14. The molecule has 2 unspecified atom stereocenters. The molecule has 6 nitrogen and oxygen atoms in total. The number of carbonyl (C=O) groups is 3. The second-order valence-electron chi connectivity index (χ2n) is 8.65. The summed E-state index contributed by atoms with van der Waals surface area (Å²) in [4.78, 5) is 39.9. The molecular formula is C26H39N3O3. The summed E-state index contributed by atoms with van der Waals surface area (Å²) in [6, 6.07) is 8.52. The van der Waals surface area contributed by atoms with E-state index in [-0.39, 0.29) is 17.7 Å². The van der Waals surface area contributed by atoms with Gasteiger partial charge in [0, 0.05) is 26.4 Å². The summed E-state index contributed by atoms with van der Waals surface area (Å²) in [5.41, 5.74) is 0.986. The van der Waals surface area contributed by atoms with Gasteiger partial charge in [-0.25, -0.2) is 0 Å². The number of rotatable bonds is 13. The second-order valence-corrected chi connectivity index (χ2v) is 8.65. The molecule has 2 N–H and O–H groups in total. The van der Waals surface area contributed by atoms with Crippen molar-refractivity contribution in [3.8, 4) is 0 Å². The molecule has 1 fully saturated rings. The number of benzene rings is 1. The first kappa shape index (κ1) is 25.6. The molecule has 176 valence electrons. The fourth-order valence-electron chi connectivity index (χ4n) is 4.03. The van der Waals surface area contributed by atoms with Crippen LogP contribution in [0.25, 0.3) is 0 Å². The van der Waals surface area contributed by atoms with Crippen LogP contribution in [0.3, 0.4) is 0 Å². The highest BCUT2D eigenvalue weighted by atomic mass is 16.2. The third kappa shape index (κ3) is 8.85. The maximum atomic E-state index is 13.2. The summed E-state index contributed by atoms with van der Waals surface area (Å²) in [5, 5.41) is 5.76. The number of nitrogens with zero attached hydrogens (tertiary/aromatic N) is 1. The Morgan fingerprint density at radius 1 is 1.16 bits per heavy atom. The van der Waals surface area contributed by atoms with Crippen LogP contribution in [0.2, 0.25) is 0 Å². The third-order valence-corrected chi connectivity index (χ3v) is 6.09. The van der Waals surface area contributed by atoms with E-state index < -0.39 is 12.1 Å². The molecule has 3 amide bonds. The fourth-order valence-corrected chi connectivity index (χ4v) is 4.03. The van der Waals surface area contributed by atoms with Crippen molar-refractivity contribution < 1.29 is 14.4 Å². The van der Waals surface area contributed by atoms with Crippen LogP contribution < -0.4 is 10.6 Å². The van der Waals surface area contributed by atoms with Crippen molar-refractivity contribution >= 4 is 17.7 Å². The Balaban J connectivity index is 1.96. The van der Waals surface area contributed by atoms with Gasteiger partial charge in [-0.2, -0.15) is 0 Å². The molecule has 0 aliphatic carbocycles. The highest BCUT2D eigenvalue weighted by Gasteiger charge is 2.30. The SMILES string of the molecule is C=CCCCCCCCC(=O)N(C)C(Cc1ccccc1)C(=O)NC1CCCCNC1=O. The first-order valence-corrected chi connectivity index (χ1v) is 12.0. The van der Waals surface area contributed by atoms with E-state index in [0.29, 0.717) is 25.8 Å². The fraction of sp³-hybridized carbons (Fsp3) is 0.577. The van der Waals surface area contributed by atoms with Crippen LogP contribution in [0.15, 0.2) is 43.0 Å². The molecule has 2 rings (SSSR count). The van der Waals surface area contributed by atoms with Gasteiger partial charge < -0.3 is 15.5 Å². The lowest BCUT2D eigenvalue weighted by Gasteiger charge is -2.29. The monoisotopic (exact) mass is 441 g/mol. The van der Waals surface area contributed by atoms with Gasteiger partial charge in [0.2, 0.25) is 17.7 Å². The minimum absolute atomic E-state index is 0.0301. The van der Waals surface area contributed by atoms with Crippen molar-refractivity contribution in [2.45, 2.75) is 82.7 Å². The molecule has 0 saturated carbocycles. The number of amides is 3. The maximum absolute atomic E-state index is 13.2. The number of unbranched alkanes of at least 4 members (excludes halogenated alkanes) is 5. The molecule has 0 aromatic heterocycles. The summed E-state index contributed by atoms with van der Waals surface area (Å²) in [5.74, 6) is -0.437. The molecule has 1 heterocycles. The van der Waals surface area contributed by atoms with Gasteiger partial charge in [-0.05, 0) is 44.1 Å². The van der Waals surface area contributed by atoms with E-state index in [0.717, 1.165) is 56.9 Å². The zero-order valence-corrected chi connectivity index (χ0v) is 19.5. The third-order valence-electron chi connectivity index (χ3n) is 6.09. The quantitative estimate of drug-likeness (QED) is 0.361. The number of nitrogens with one attached hydrogen (secondary N) is 2. The van der Waals surface area contributed by atoms with Gasteiger partial charge in [0.05, 0.1) is 0 Å². The Bertz CT molecular complexity index is 735. The zero-order chi connectivity index (χ0) is 23.2. The summed E-state index contributed by atoms with van der Waals surface area (Å²) < 4.78 is 0. The standard InChI is InChI=1S/C26H39N3O3/c1-3-4-5-6-7-8-12-18-24(30)29(2)23(20-21-15-10-9-11-16-21)26(32)28-22-17-13-14-19-27-25(22)31/h3,9-11,15-16,22-23H,1,4-8,12-14,17-20H2,2H3,(H,27,31)(H,28,32). The Kier molecular flexibility index (Phi) is 11.6. The van der Waals surface area contributed by atoms with E-state index in [9.17, 15) is 14.4 Å². The Hall–Kier alpha value is -2.63. The predicted molar refractivity (Wildman–Crippen MR) is 128 cm³/mol. The second kappa shape index (κ2) is 14.4. The van der Waals surface area contributed by atoms with Crippen LogP contribution in [-0.2, 0) is 20.8 Å². The van der Waals surface area contributed by atoms with Crippen molar-refractivity contribution in [2.75, 3.05) is 13.6 Å². The molecule has 0 radical (unpaired) electrons. The van der Waals surface area contributed by atoms with E-state index in [1.807, 2.05) is 36.4 Å². The van der Waals surface area contributed by atoms with E-state index >= 15 is 0 Å². The van der Waals surface area contributed by atoms with Crippen molar-refractivity contribution in [3.63, 3.8) is 0 Å². The largest absolute Gasteiger partial charge is 0.354 e. The first-order valence-electron chi connectivity index (χ1n) is 12.0. The molecule has 1 aliphatic rings. The summed E-state index contributed by atoms with van der Waals surface area (Å²) in [7, 11) is 1.70. The normalized spacial score (nSPS) is 17.0. The molecule has 32 heavy (non-hydrogen) atoms. The van der Waals surface area contributed by atoms with E-state index in [1.165, 1.54) is 0 Å². The van der Waals surface area contributed by atoms with Crippen LogP contribution in [0.4, 0.5) is 0 Å². The highest BCUT2D eigenvalue weighted by molar-refractivity contribution is 5.92. The average molecular weight is 442 g/mol. The summed E-state index contributed by atoms with van der Waals surface area (Å²) in [6.45, 7) is 4.38. The maximum Gasteiger partial charge on any atom is 0.243 e. The minimum atomic E-state index is -0.645. The van der Waals surface area contributed by atoms with Crippen LogP contribution in [0, 0.1) is 0 Å². The van der Waals surface area contributed by atoms with Crippen LogP contribution in [0.5, 0.6) is 0 Å². The molecule has 1 aromatic rings. The predicted octanol–water partition coefficient (Wildman–Crippen LogP) is 3.76. The van der Waals surface area contributed by atoms with Gasteiger partial charge >= 0.3 is 0 Å². The smallest absolute Gasteiger partial charge is 0.243 e. The van der Waals surface area contributed by atoms with Gasteiger partial charge in [0.1, 0.15) is 12.1 Å². The molecule has 2 atom stereocenters. The molecular weight excluding hydrogens is 402 g/mol. The van der Waals surface area contributed by atoms with Crippen LogP contribution in [0.1, 0.15) is 69.8 Å². The van der Waals surface area contributed by atoms with E-state index in [1.54, 1.807) is 11.9 Å².